The van der Waals surface area contributed by atoms with E-state index in [-0.39, 0.29) is 11.3 Å². The fourth-order valence-corrected chi connectivity index (χ4v) is 6.16. The molecule has 190 valence electrons. The molecule has 0 amide bonds. The first-order valence-corrected chi connectivity index (χ1v) is 14.1. The number of aromatic nitrogens is 6. The summed E-state index contributed by atoms with van der Waals surface area (Å²) >= 11 is 15.5. The second kappa shape index (κ2) is 10.6. The Bertz CT molecular complexity index is 1910. The average molecular weight is 589 g/mol. The van der Waals surface area contributed by atoms with E-state index in [2.05, 4.69) is 20.2 Å². The van der Waals surface area contributed by atoms with E-state index in [4.69, 9.17) is 28.3 Å². The van der Waals surface area contributed by atoms with Crippen LogP contribution < -0.4 is 5.56 Å². The van der Waals surface area contributed by atoms with E-state index in [0.29, 0.717) is 37.3 Å². The number of aromatic amines is 1. The van der Waals surface area contributed by atoms with Gasteiger partial charge in [-0.05, 0) is 17.7 Å². The molecule has 0 saturated heterocycles. The molecule has 3 aromatic carbocycles. The molecule has 12 heteroatoms. The fraction of sp³-hybridized carbons (Fsp3) is 0.0370. The summed E-state index contributed by atoms with van der Waals surface area (Å²) in [4.78, 5) is 20.5. The van der Waals surface area contributed by atoms with Gasteiger partial charge in [0.05, 0.1) is 15.7 Å². The predicted octanol–water partition coefficient (Wildman–Crippen LogP) is 6.74. The summed E-state index contributed by atoms with van der Waals surface area (Å²) in [5.74, 6) is 1.23. The molecular weight excluding hydrogens is 573 g/mol. The number of H-pyrrole nitrogens is 1. The van der Waals surface area contributed by atoms with E-state index < -0.39 is 5.56 Å². The van der Waals surface area contributed by atoms with Crippen LogP contribution in [0, 0.1) is 11.3 Å². The Kier molecular flexibility index (Phi) is 6.89. The van der Waals surface area contributed by atoms with Crippen LogP contribution in [0.3, 0.4) is 0 Å². The van der Waals surface area contributed by atoms with Crippen molar-refractivity contribution in [1.29, 1.82) is 5.26 Å². The summed E-state index contributed by atoms with van der Waals surface area (Å²) in [5.41, 5.74) is 2.75. The number of hydrogen-bond acceptors (Lipinski definition) is 8. The van der Waals surface area contributed by atoms with Gasteiger partial charge in [0.2, 0.25) is 4.96 Å². The maximum atomic E-state index is 12.6. The van der Waals surface area contributed by atoms with Gasteiger partial charge < -0.3 is 4.98 Å². The minimum absolute atomic E-state index is 0.140. The van der Waals surface area contributed by atoms with Gasteiger partial charge in [-0.2, -0.15) is 14.9 Å². The normalized spacial score (nSPS) is 11.1. The van der Waals surface area contributed by atoms with Gasteiger partial charge in [-0.25, -0.2) is 4.98 Å². The van der Waals surface area contributed by atoms with Gasteiger partial charge in [0.15, 0.2) is 11.0 Å². The first-order valence-electron chi connectivity index (χ1n) is 11.5. The molecule has 3 aromatic heterocycles. The molecule has 3 heterocycles. The summed E-state index contributed by atoms with van der Waals surface area (Å²) in [6.45, 7) is 0. The van der Waals surface area contributed by atoms with E-state index >= 15 is 0 Å². The van der Waals surface area contributed by atoms with Crippen LogP contribution in [0.15, 0.2) is 82.7 Å². The number of benzene rings is 3. The molecule has 39 heavy (non-hydrogen) atoms. The number of nitrogens with zero attached hydrogens (tertiary/aromatic N) is 6. The highest BCUT2D eigenvalue weighted by Gasteiger charge is 2.19. The Hall–Kier alpha value is -4.01. The van der Waals surface area contributed by atoms with Gasteiger partial charge in [-0.3, -0.25) is 4.79 Å². The van der Waals surface area contributed by atoms with Crippen LogP contribution in [-0.2, 0) is 5.75 Å². The zero-order valence-corrected chi connectivity index (χ0v) is 22.9. The van der Waals surface area contributed by atoms with Crippen molar-refractivity contribution < 1.29 is 0 Å². The van der Waals surface area contributed by atoms with Crippen LogP contribution in [0.4, 0.5) is 0 Å². The van der Waals surface area contributed by atoms with Crippen molar-refractivity contribution >= 4 is 51.3 Å². The lowest BCUT2D eigenvalue weighted by Gasteiger charge is -2.10. The molecule has 0 bridgehead atoms. The van der Waals surface area contributed by atoms with Gasteiger partial charge in [-0.15, -0.1) is 10.2 Å². The molecule has 0 fully saturated rings. The Balaban J connectivity index is 1.23. The van der Waals surface area contributed by atoms with Crippen LogP contribution in [-0.4, -0.2) is 29.8 Å². The van der Waals surface area contributed by atoms with Crippen molar-refractivity contribution in [3.05, 3.63) is 104 Å². The molecule has 0 unspecified atom stereocenters. The Morgan fingerprint density at radius 2 is 1.69 bits per heavy atom. The summed E-state index contributed by atoms with van der Waals surface area (Å²) in [6, 6.07) is 24.7. The summed E-state index contributed by atoms with van der Waals surface area (Å²) in [7, 11) is 0. The van der Waals surface area contributed by atoms with Crippen LogP contribution in [0.25, 0.3) is 38.2 Å². The van der Waals surface area contributed by atoms with E-state index in [1.165, 1.54) is 23.1 Å². The first kappa shape index (κ1) is 25.3. The van der Waals surface area contributed by atoms with Crippen molar-refractivity contribution in [2.45, 2.75) is 10.9 Å². The van der Waals surface area contributed by atoms with E-state index in [0.717, 1.165) is 21.7 Å². The highest BCUT2D eigenvalue weighted by Crippen LogP contribution is 2.35. The van der Waals surface area contributed by atoms with Crippen LogP contribution >= 0.6 is 46.3 Å². The quantitative estimate of drug-likeness (QED) is 0.169. The average Bonchev–Trinajstić information content (AvgIpc) is 3.54. The van der Waals surface area contributed by atoms with Crippen molar-refractivity contribution in [3.8, 4) is 39.3 Å². The smallest absolute Gasteiger partial charge is 0.270 e. The molecule has 1 N–H and O–H groups in total. The second-order valence-corrected chi connectivity index (χ2v) is 11.0. The number of nitrogens with one attached hydrogen (secondary N) is 1. The number of fused-ring (bicyclic) bond motifs is 1. The van der Waals surface area contributed by atoms with Crippen LogP contribution in [0.2, 0.25) is 10.0 Å². The number of halogens is 2. The van der Waals surface area contributed by atoms with Crippen LogP contribution in [0.5, 0.6) is 0 Å². The second-order valence-electron chi connectivity index (χ2n) is 8.28. The molecule has 0 spiro atoms. The molecular formula is C27H15Cl2N7OS2. The maximum Gasteiger partial charge on any atom is 0.270 e. The van der Waals surface area contributed by atoms with E-state index in [1.54, 1.807) is 22.7 Å². The van der Waals surface area contributed by atoms with Gasteiger partial charge in [0.25, 0.3) is 5.56 Å². The molecule has 0 radical (unpaired) electrons. The Morgan fingerprint density at radius 3 is 2.41 bits per heavy atom. The molecule has 0 saturated carbocycles. The van der Waals surface area contributed by atoms with E-state index in [9.17, 15) is 10.1 Å². The fourth-order valence-electron chi connectivity index (χ4n) is 3.93. The summed E-state index contributed by atoms with van der Waals surface area (Å²) in [6.07, 6.45) is 0. The molecule has 8 nitrogen and oxygen atoms in total. The largest absolute Gasteiger partial charge is 0.300 e. The maximum absolute atomic E-state index is 12.6. The minimum atomic E-state index is -0.547. The van der Waals surface area contributed by atoms with Gasteiger partial charge in [-0.1, -0.05) is 107 Å². The number of hydrogen-bond donors (Lipinski definition) is 1. The lowest BCUT2D eigenvalue weighted by Crippen LogP contribution is -2.15. The topological polar surface area (TPSA) is 113 Å². The third kappa shape index (κ3) is 4.93. The SMILES string of the molecule is N#Cc1c(-c2c(Cl)cccc2Cl)nc(SCc2ccc(-c3nn4c(-c5ccccc5)nnc4s3)cc2)[nH]c1=O. The lowest BCUT2D eigenvalue weighted by molar-refractivity contribution is 0.934. The number of nitriles is 1. The predicted molar refractivity (Wildman–Crippen MR) is 154 cm³/mol. The monoisotopic (exact) mass is 587 g/mol. The van der Waals surface area contributed by atoms with Gasteiger partial charge >= 0.3 is 0 Å². The van der Waals surface area contributed by atoms with Crippen molar-refractivity contribution in [1.82, 2.24) is 29.8 Å². The third-order valence-electron chi connectivity index (χ3n) is 5.81. The third-order valence-corrected chi connectivity index (χ3v) is 8.33. The Labute approximate surface area is 239 Å². The minimum Gasteiger partial charge on any atom is -0.300 e. The van der Waals surface area contributed by atoms with Gasteiger partial charge in [0.1, 0.15) is 16.6 Å². The number of thioether (sulfide) groups is 1. The highest BCUT2D eigenvalue weighted by atomic mass is 35.5. The highest BCUT2D eigenvalue weighted by molar-refractivity contribution is 7.98. The Morgan fingerprint density at radius 1 is 0.949 bits per heavy atom. The molecule has 6 rings (SSSR count). The summed E-state index contributed by atoms with van der Waals surface area (Å²) in [5, 5.41) is 24.6. The lowest BCUT2D eigenvalue weighted by atomic mass is 10.1. The molecule has 0 aliphatic rings. The van der Waals surface area contributed by atoms with Crippen molar-refractivity contribution in [2.75, 3.05) is 0 Å². The molecule has 0 aliphatic carbocycles. The molecule has 0 aliphatic heterocycles. The standard InChI is InChI=1S/C27H15Cl2N7OS2/c28-19-7-4-8-20(29)21(19)22-18(13-30)24(37)32-26(31-22)38-14-15-9-11-17(12-10-15)25-35-36-23(33-34-27(36)39-25)16-5-2-1-3-6-16/h1-12H,14H2,(H,31,32,37). The summed E-state index contributed by atoms with van der Waals surface area (Å²) < 4.78 is 1.76. The van der Waals surface area contributed by atoms with E-state index in [1.807, 2.05) is 60.7 Å². The first-order chi connectivity index (χ1) is 19.0. The number of rotatable bonds is 6. The van der Waals surface area contributed by atoms with Crippen molar-refractivity contribution in [3.63, 3.8) is 0 Å². The van der Waals surface area contributed by atoms with Crippen molar-refractivity contribution in [2.24, 2.45) is 0 Å². The van der Waals surface area contributed by atoms with Gasteiger partial charge in [0, 0.05) is 22.4 Å². The zero-order valence-electron chi connectivity index (χ0n) is 19.8. The van der Waals surface area contributed by atoms with Crippen LogP contribution in [0.1, 0.15) is 11.1 Å². The molecule has 0 atom stereocenters. The zero-order chi connectivity index (χ0) is 26.9. The molecule has 6 aromatic rings.